The molecule has 4 N–H and O–H groups in total. The molecule has 0 bridgehead atoms. The molecular weight excluding hydrogens is 468 g/mol. The van der Waals surface area contributed by atoms with E-state index in [4.69, 9.17) is 11.1 Å². The molecule has 0 aliphatic carbocycles. The predicted molar refractivity (Wildman–Crippen MR) is 140 cm³/mol. The number of nitrogens with two attached hydrogens (primary N) is 1. The Morgan fingerprint density at radius 2 is 1.70 bits per heavy atom. The summed E-state index contributed by atoms with van der Waals surface area (Å²) in [5.74, 6) is -0.0581. The van der Waals surface area contributed by atoms with E-state index in [9.17, 15) is 14.7 Å². The quantitative estimate of drug-likeness (QED) is 0.204. The van der Waals surface area contributed by atoms with Gasteiger partial charge in [0, 0.05) is 17.7 Å². The van der Waals surface area contributed by atoms with E-state index in [0.717, 1.165) is 16.7 Å². The first-order valence-corrected chi connectivity index (χ1v) is 11.7. The third kappa shape index (κ3) is 4.87. The number of amidine groups is 1. The summed E-state index contributed by atoms with van der Waals surface area (Å²) in [5, 5.41) is 25.5. The lowest BCUT2D eigenvalue weighted by atomic mass is 10.0. The molecular formula is C28H24N6O3. The Kier molecular flexibility index (Phi) is 6.34. The number of hydrogen-bond donors (Lipinski definition) is 3. The van der Waals surface area contributed by atoms with Gasteiger partial charge in [0.1, 0.15) is 5.84 Å². The van der Waals surface area contributed by atoms with E-state index in [-0.39, 0.29) is 31.3 Å². The summed E-state index contributed by atoms with van der Waals surface area (Å²) >= 11 is 0. The van der Waals surface area contributed by atoms with Crippen LogP contribution in [0.4, 0.5) is 0 Å². The van der Waals surface area contributed by atoms with Crippen LogP contribution in [0.15, 0.2) is 72.8 Å². The van der Waals surface area contributed by atoms with Crippen LogP contribution in [0.25, 0.3) is 29.2 Å². The van der Waals surface area contributed by atoms with Crippen LogP contribution >= 0.6 is 0 Å². The van der Waals surface area contributed by atoms with Crippen molar-refractivity contribution in [3.05, 3.63) is 101 Å². The van der Waals surface area contributed by atoms with E-state index in [1.807, 2.05) is 71.3 Å². The van der Waals surface area contributed by atoms with Gasteiger partial charge in [0.15, 0.2) is 11.6 Å². The number of amides is 1. The van der Waals surface area contributed by atoms with Crippen LogP contribution in [-0.2, 0) is 11.3 Å². The topological polar surface area (TPSA) is 138 Å². The number of rotatable bonds is 7. The molecule has 0 atom stereocenters. The van der Waals surface area contributed by atoms with Crippen LogP contribution in [-0.4, -0.2) is 49.0 Å². The fourth-order valence-electron chi connectivity index (χ4n) is 4.26. The standard InChI is InChI=1S/C28H24N6O3/c29-26(30)20-11-8-18(9-12-20)6-7-19-10-13-23-22(16-19)28(37)33(15-14-25(35)36)17-24-31-32-27(34(23)24)21-4-2-1-3-5-21/h1-13,16H,14-15,17H2,(H3,29,30)(H,35,36)/b7-6+. The lowest BCUT2D eigenvalue weighted by Gasteiger charge is -2.19. The van der Waals surface area contributed by atoms with E-state index in [1.165, 1.54) is 4.90 Å². The minimum Gasteiger partial charge on any atom is -0.481 e. The normalized spacial score (nSPS) is 12.8. The second kappa shape index (κ2) is 9.90. The van der Waals surface area contributed by atoms with E-state index in [0.29, 0.717) is 28.5 Å². The van der Waals surface area contributed by atoms with Crippen molar-refractivity contribution in [2.24, 2.45) is 5.73 Å². The van der Waals surface area contributed by atoms with Gasteiger partial charge in [-0.1, -0.05) is 72.8 Å². The van der Waals surface area contributed by atoms with Gasteiger partial charge in [-0.25, -0.2) is 0 Å². The third-order valence-corrected chi connectivity index (χ3v) is 6.16. The first-order chi connectivity index (χ1) is 17.9. The van der Waals surface area contributed by atoms with Crippen LogP contribution in [0.2, 0.25) is 0 Å². The molecule has 0 spiro atoms. The number of aromatic nitrogens is 3. The first-order valence-electron chi connectivity index (χ1n) is 11.7. The molecule has 0 fully saturated rings. The maximum atomic E-state index is 13.6. The molecule has 4 aromatic rings. The van der Waals surface area contributed by atoms with Crippen molar-refractivity contribution in [2.45, 2.75) is 13.0 Å². The first kappa shape index (κ1) is 23.7. The Labute approximate surface area is 213 Å². The number of aliphatic carboxylic acids is 1. The highest BCUT2D eigenvalue weighted by Crippen LogP contribution is 2.30. The number of fused-ring (bicyclic) bond motifs is 3. The Bertz CT molecular complexity index is 1520. The van der Waals surface area contributed by atoms with Gasteiger partial charge in [0.05, 0.1) is 24.2 Å². The molecule has 9 heteroatoms. The van der Waals surface area contributed by atoms with Crippen molar-refractivity contribution in [3.63, 3.8) is 0 Å². The molecule has 2 heterocycles. The van der Waals surface area contributed by atoms with Gasteiger partial charge in [0.2, 0.25) is 0 Å². The van der Waals surface area contributed by atoms with Gasteiger partial charge in [-0.2, -0.15) is 0 Å². The highest BCUT2D eigenvalue weighted by atomic mass is 16.4. The van der Waals surface area contributed by atoms with Crippen molar-refractivity contribution >= 4 is 29.9 Å². The molecule has 37 heavy (non-hydrogen) atoms. The predicted octanol–water partition coefficient (Wildman–Crippen LogP) is 3.82. The largest absolute Gasteiger partial charge is 0.481 e. The van der Waals surface area contributed by atoms with Crippen LogP contribution < -0.4 is 5.73 Å². The number of nitrogens with one attached hydrogen (secondary N) is 1. The summed E-state index contributed by atoms with van der Waals surface area (Å²) in [6.45, 7) is 0.206. The van der Waals surface area contributed by atoms with Crippen molar-refractivity contribution in [1.82, 2.24) is 19.7 Å². The molecule has 1 aliphatic heterocycles. The van der Waals surface area contributed by atoms with Crippen molar-refractivity contribution in [3.8, 4) is 17.1 Å². The number of nitrogen functional groups attached to an aromatic ring is 1. The molecule has 5 rings (SSSR count). The second-order valence-electron chi connectivity index (χ2n) is 8.66. The molecule has 1 aliphatic rings. The van der Waals surface area contributed by atoms with Gasteiger partial charge in [-0.15, -0.1) is 10.2 Å². The summed E-state index contributed by atoms with van der Waals surface area (Å²) in [6.07, 6.45) is 3.64. The molecule has 0 saturated heterocycles. The Hall–Kier alpha value is -5.05. The van der Waals surface area contributed by atoms with Crippen LogP contribution in [0.5, 0.6) is 0 Å². The Morgan fingerprint density at radius 3 is 2.41 bits per heavy atom. The number of carbonyl (C=O) groups is 2. The zero-order valence-electron chi connectivity index (χ0n) is 19.8. The maximum Gasteiger partial charge on any atom is 0.305 e. The molecule has 3 aromatic carbocycles. The van der Waals surface area contributed by atoms with E-state index in [1.54, 1.807) is 18.2 Å². The smallest absolute Gasteiger partial charge is 0.305 e. The summed E-state index contributed by atoms with van der Waals surface area (Å²) in [7, 11) is 0. The van der Waals surface area contributed by atoms with Crippen LogP contribution in [0, 0.1) is 5.41 Å². The molecule has 0 unspecified atom stereocenters. The number of nitrogens with zero attached hydrogens (tertiary/aromatic N) is 4. The summed E-state index contributed by atoms with van der Waals surface area (Å²) in [6, 6.07) is 22.5. The summed E-state index contributed by atoms with van der Waals surface area (Å²) < 4.78 is 1.87. The highest BCUT2D eigenvalue weighted by molar-refractivity contribution is 5.99. The molecule has 0 saturated carbocycles. The third-order valence-electron chi connectivity index (χ3n) is 6.16. The van der Waals surface area contributed by atoms with E-state index in [2.05, 4.69) is 10.2 Å². The monoisotopic (exact) mass is 492 g/mol. The Morgan fingerprint density at radius 1 is 1.00 bits per heavy atom. The molecule has 9 nitrogen and oxygen atoms in total. The van der Waals surface area contributed by atoms with Gasteiger partial charge in [0.25, 0.3) is 5.91 Å². The summed E-state index contributed by atoms with van der Waals surface area (Å²) in [4.78, 5) is 26.4. The number of carboxylic acids is 1. The van der Waals surface area contributed by atoms with Gasteiger partial charge in [-0.3, -0.25) is 19.6 Å². The van der Waals surface area contributed by atoms with Crippen molar-refractivity contribution in [2.75, 3.05) is 6.54 Å². The highest BCUT2D eigenvalue weighted by Gasteiger charge is 2.29. The minimum absolute atomic E-state index is 0.00970. The fourth-order valence-corrected chi connectivity index (χ4v) is 4.26. The van der Waals surface area contributed by atoms with Crippen molar-refractivity contribution < 1.29 is 14.7 Å². The number of hydrogen-bond acceptors (Lipinski definition) is 5. The average Bonchev–Trinajstić information content (AvgIpc) is 3.28. The summed E-state index contributed by atoms with van der Waals surface area (Å²) in [5.41, 5.74) is 9.84. The SMILES string of the molecule is N=C(N)c1ccc(/C=C/c2ccc3c(c2)C(=O)N(CCC(=O)O)Cc2nnc(-c4ccccc4)n2-3)cc1. The second-order valence-corrected chi connectivity index (χ2v) is 8.66. The molecule has 0 radical (unpaired) electrons. The maximum absolute atomic E-state index is 13.6. The zero-order valence-corrected chi connectivity index (χ0v) is 19.8. The lowest BCUT2D eigenvalue weighted by Crippen LogP contribution is -2.32. The van der Waals surface area contributed by atoms with E-state index >= 15 is 0 Å². The minimum atomic E-state index is -0.976. The van der Waals surface area contributed by atoms with Gasteiger partial charge >= 0.3 is 5.97 Å². The fraction of sp³-hybridized carbons (Fsp3) is 0.107. The number of carboxylic acid groups (broad SMARTS) is 1. The average molecular weight is 493 g/mol. The van der Waals surface area contributed by atoms with Crippen LogP contribution in [0.3, 0.4) is 0 Å². The number of benzene rings is 3. The molecule has 184 valence electrons. The van der Waals surface area contributed by atoms with Gasteiger partial charge < -0.3 is 15.7 Å². The van der Waals surface area contributed by atoms with Crippen LogP contribution in [0.1, 0.15) is 39.3 Å². The lowest BCUT2D eigenvalue weighted by molar-refractivity contribution is -0.137. The molecule has 1 aromatic heterocycles. The van der Waals surface area contributed by atoms with E-state index < -0.39 is 5.97 Å². The van der Waals surface area contributed by atoms with Crippen molar-refractivity contribution in [1.29, 1.82) is 5.41 Å². The molecule has 1 amide bonds. The number of carbonyl (C=O) groups excluding carboxylic acids is 1. The zero-order chi connectivity index (χ0) is 25.9. The Balaban J connectivity index is 1.56. The van der Waals surface area contributed by atoms with Gasteiger partial charge in [-0.05, 0) is 23.3 Å².